The van der Waals surface area contributed by atoms with Gasteiger partial charge in [-0.2, -0.15) is 0 Å². The Balaban J connectivity index is 3.78. The van der Waals surface area contributed by atoms with Crippen LogP contribution in [-0.4, -0.2) is 24.5 Å². The molecule has 0 aromatic heterocycles. The molecule has 0 bridgehead atoms. The smallest absolute Gasteiger partial charge is 0.303 e. The fourth-order valence-electron chi connectivity index (χ4n) is 0.713. The number of nitrogens with one attached hydrogen (secondary N) is 1. The van der Waals surface area contributed by atoms with Crippen LogP contribution in [0.25, 0.3) is 0 Å². The lowest BCUT2D eigenvalue weighted by Gasteiger charge is -2.23. The fraction of sp³-hybridized carbons (Fsp3) is 0.714. The molecular formula is C7H13NO3. The summed E-state index contributed by atoms with van der Waals surface area (Å²) in [7, 11) is 0. The van der Waals surface area contributed by atoms with Gasteiger partial charge < -0.3 is 10.1 Å². The first kappa shape index (κ1) is 9.94. The average Bonchev–Trinajstić information content (AvgIpc) is 1.81. The predicted octanol–water partition coefficient (Wildman–Crippen LogP) is 0.0741. The number of carbonyl (C=O) groups is 2. The highest BCUT2D eigenvalue weighted by atomic mass is 16.6. The van der Waals surface area contributed by atoms with Crippen molar-refractivity contribution < 1.29 is 14.3 Å². The van der Waals surface area contributed by atoms with Gasteiger partial charge in [-0.3, -0.25) is 9.59 Å². The lowest BCUT2D eigenvalue weighted by atomic mass is 10.1. The maximum absolute atomic E-state index is 10.5. The Bertz CT molecular complexity index is 154. The van der Waals surface area contributed by atoms with Crippen LogP contribution in [0.2, 0.25) is 0 Å². The van der Waals surface area contributed by atoms with E-state index in [1.807, 2.05) is 0 Å². The molecule has 0 aromatic carbocycles. The van der Waals surface area contributed by atoms with E-state index in [-0.39, 0.29) is 5.97 Å². The molecule has 1 N–H and O–H groups in total. The van der Waals surface area contributed by atoms with Crippen molar-refractivity contribution in [3.05, 3.63) is 0 Å². The third kappa shape index (κ3) is 5.39. The quantitative estimate of drug-likeness (QED) is 0.466. The molecule has 0 atom stereocenters. The zero-order chi connectivity index (χ0) is 8.91. The van der Waals surface area contributed by atoms with E-state index in [1.54, 1.807) is 13.8 Å². The van der Waals surface area contributed by atoms with Crippen molar-refractivity contribution >= 4 is 12.4 Å². The first-order valence-corrected chi connectivity index (χ1v) is 3.34. The standard InChI is InChI=1S/C7H13NO3/c1-6(10)11-7(2,3)4-8-5-9/h5H,4H2,1-3H3,(H,8,9). The van der Waals surface area contributed by atoms with E-state index in [9.17, 15) is 9.59 Å². The predicted molar refractivity (Wildman–Crippen MR) is 39.9 cm³/mol. The van der Waals surface area contributed by atoms with E-state index in [0.717, 1.165) is 0 Å². The maximum Gasteiger partial charge on any atom is 0.303 e. The Morgan fingerprint density at radius 2 is 2.18 bits per heavy atom. The number of hydrogen-bond donors (Lipinski definition) is 1. The van der Waals surface area contributed by atoms with Gasteiger partial charge >= 0.3 is 5.97 Å². The summed E-state index contributed by atoms with van der Waals surface area (Å²) < 4.78 is 4.88. The normalized spacial score (nSPS) is 10.5. The summed E-state index contributed by atoms with van der Waals surface area (Å²) in [6.45, 7) is 5.12. The fourth-order valence-corrected chi connectivity index (χ4v) is 0.713. The van der Waals surface area contributed by atoms with Crippen LogP contribution in [0.4, 0.5) is 0 Å². The van der Waals surface area contributed by atoms with E-state index < -0.39 is 5.60 Å². The van der Waals surface area contributed by atoms with E-state index in [1.165, 1.54) is 6.92 Å². The van der Waals surface area contributed by atoms with Crippen molar-refractivity contribution in [2.24, 2.45) is 0 Å². The SMILES string of the molecule is CC(=O)OC(C)(C)CNC=O. The minimum atomic E-state index is -0.618. The highest BCUT2D eigenvalue weighted by molar-refractivity contribution is 5.66. The van der Waals surface area contributed by atoms with Crippen molar-refractivity contribution in [3.8, 4) is 0 Å². The van der Waals surface area contributed by atoms with Gasteiger partial charge in [-0.05, 0) is 13.8 Å². The van der Waals surface area contributed by atoms with Gasteiger partial charge in [-0.1, -0.05) is 0 Å². The molecule has 0 aliphatic carbocycles. The van der Waals surface area contributed by atoms with Crippen LogP contribution < -0.4 is 5.32 Å². The summed E-state index contributed by atoms with van der Waals surface area (Å²) >= 11 is 0. The number of hydrogen-bond acceptors (Lipinski definition) is 3. The molecule has 4 nitrogen and oxygen atoms in total. The second kappa shape index (κ2) is 3.95. The van der Waals surface area contributed by atoms with Crippen LogP contribution in [0, 0.1) is 0 Å². The monoisotopic (exact) mass is 159 g/mol. The topological polar surface area (TPSA) is 55.4 Å². The van der Waals surface area contributed by atoms with E-state index in [0.29, 0.717) is 13.0 Å². The van der Waals surface area contributed by atoms with Crippen LogP contribution in [0.15, 0.2) is 0 Å². The Hall–Kier alpha value is -1.06. The Morgan fingerprint density at radius 1 is 1.64 bits per heavy atom. The van der Waals surface area contributed by atoms with Crippen LogP contribution >= 0.6 is 0 Å². The van der Waals surface area contributed by atoms with Crippen molar-refractivity contribution in [1.82, 2.24) is 5.32 Å². The van der Waals surface area contributed by atoms with Gasteiger partial charge in [0.2, 0.25) is 6.41 Å². The highest BCUT2D eigenvalue weighted by Crippen LogP contribution is 2.06. The molecule has 0 radical (unpaired) electrons. The average molecular weight is 159 g/mol. The van der Waals surface area contributed by atoms with Crippen LogP contribution in [-0.2, 0) is 14.3 Å². The van der Waals surface area contributed by atoms with Gasteiger partial charge in [0.25, 0.3) is 0 Å². The van der Waals surface area contributed by atoms with E-state index in [4.69, 9.17) is 4.74 Å². The molecule has 4 heteroatoms. The number of esters is 1. The number of rotatable bonds is 4. The summed E-state index contributed by atoms with van der Waals surface area (Å²) in [4.78, 5) is 20.4. The Labute approximate surface area is 65.9 Å². The van der Waals surface area contributed by atoms with Gasteiger partial charge in [0.05, 0.1) is 6.54 Å². The van der Waals surface area contributed by atoms with E-state index >= 15 is 0 Å². The lowest BCUT2D eigenvalue weighted by Crippen LogP contribution is -2.38. The highest BCUT2D eigenvalue weighted by Gasteiger charge is 2.19. The largest absolute Gasteiger partial charge is 0.458 e. The number of amides is 1. The molecule has 0 aliphatic heterocycles. The Morgan fingerprint density at radius 3 is 2.55 bits per heavy atom. The minimum Gasteiger partial charge on any atom is -0.458 e. The lowest BCUT2D eigenvalue weighted by molar-refractivity contribution is -0.153. The van der Waals surface area contributed by atoms with Crippen LogP contribution in [0.1, 0.15) is 20.8 Å². The second-order valence-corrected chi connectivity index (χ2v) is 2.85. The third-order valence-electron chi connectivity index (χ3n) is 1.03. The molecule has 0 spiro atoms. The molecule has 0 saturated heterocycles. The summed E-state index contributed by atoms with van der Waals surface area (Å²) in [6, 6.07) is 0. The van der Waals surface area contributed by atoms with Gasteiger partial charge in [0, 0.05) is 6.92 Å². The Kier molecular flexibility index (Phi) is 3.57. The zero-order valence-corrected chi connectivity index (χ0v) is 7.01. The first-order valence-electron chi connectivity index (χ1n) is 3.34. The minimum absolute atomic E-state index is 0.329. The second-order valence-electron chi connectivity index (χ2n) is 2.85. The van der Waals surface area contributed by atoms with Crippen molar-refractivity contribution in [3.63, 3.8) is 0 Å². The van der Waals surface area contributed by atoms with Crippen molar-refractivity contribution in [1.29, 1.82) is 0 Å². The van der Waals surface area contributed by atoms with Crippen molar-refractivity contribution in [2.75, 3.05) is 6.54 Å². The van der Waals surface area contributed by atoms with Crippen LogP contribution in [0.5, 0.6) is 0 Å². The summed E-state index contributed by atoms with van der Waals surface area (Å²) in [5.74, 6) is -0.345. The molecule has 0 heterocycles. The zero-order valence-electron chi connectivity index (χ0n) is 7.01. The molecular weight excluding hydrogens is 146 g/mol. The third-order valence-corrected chi connectivity index (χ3v) is 1.03. The molecule has 0 unspecified atom stereocenters. The number of carbonyl (C=O) groups excluding carboxylic acids is 2. The molecule has 64 valence electrons. The van der Waals surface area contributed by atoms with E-state index in [2.05, 4.69) is 5.32 Å². The summed E-state index contributed by atoms with van der Waals surface area (Å²) in [5, 5.41) is 2.44. The molecule has 0 aromatic rings. The molecule has 1 amide bonds. The maximum atomic E-state index is 10.5. The first-order chi connectivity index (χ1) is 4.98. The molecule has 11 heavy (non-hydrogen) atoms. The number of ether oxygens (including phenoxy) is 1. The summed E-state index contributed by atoms with van der Waals surface area (Å²) in [5.41, 5.74) is -0.618. The van der Waals surface area contributed by atoms with Gasteiger partial charge in [-0.15, -0.1) is 0 Å². The van der Waals surface area contributed by atoms with Crippen molar-refractivity contribution in [2.45, 2.75) is 26.4 Å². The molecule has 0 fully saturated rings. The molecule has 0 rings (SSSR count). The van der Waals surface area contributed by atoms with Gasteiger partial charge in [0.15, 0.2) is 0 Å². The molecule has 0 aliphatic rings. The van der Waals surface area contributed by atoms with Gasteiger partial charge in [0.1, 0.15) is 5.60 Å². The van der Waals surface area contributed by atoms with Crippen LogP contribution in [0.3, 0.4) is 0 Å². The molecule has 0 saturated carbocycles. The van der Waals surface area contributed by atoms with Gasteiger partial charge in [-0.25, -0.2) is 0 Å². The summed E-state index contributed by atoms with van der Waals surface area (Å²) in [6.07, 6.45) is 0.575.